The maximum absolute atomic E-state index is 11.3. The topological polar surface area (TPSA) is 75.3 Å². The summed E-state index contributed by atoms with van der Waals surface area (Å²) in [5.74, 6) is -1.000. The first-order valence-electron chi connectivity index (χ1n) is 4.64. The molecule has 78 valence electrons. The van der Waals surface area contributed by atoms with Gasteiger partial charge in [0, 0.05) is 12.3 Å². The lowest BCUT2D eigenvalue weighted by Crippen LogP contribution is -2.53. The number of carbonyl (C=O) groups excluding carboxylic acids is 3. The van der Waals surface area contributed by atoms with Crippen molar-refractivity contribution in [3.05, 3.63) is 0 Å². The van der Waals surface area contributed by atoms with Gasteiger partial charge in [0.25, 0.3) is 0 Å². The molecular formula is C9H14N2O3. The molecule has 3 amide bonds. The summed E-state index contributed by atoms with van der Waals surface area (Å²) in [6, 6.07) is -0.553. The molecule has 0 aromatic rings. The maximum atomic E-state index is 11.3. The first kappa shape index (κ1) is 10.7. The van der Waals surface area contributed by atoms with Crippen LogP contribution in [0.25, 0.3) is 0 Å². The predicted molar refractivity (Wildman–Crippen MR) is 49.2 cm³/mol. The van der Waals surface area contributed by atoms with Crippen molar-refractivity contribution >= 4 is 17.7 Å². The molecule has 1 saturated heterocycles. The van der Waals surface area contributed by atoms with Gasteiger partial charge < -0.3 is 5.32 Å². The van der Waals surface area contributed by atoms with Crippen molar-refractivity contribution < 1.29 is 14.4 Å². The Bertz CT molecular complexity index is 273. The molecule has 0 spiro atoms. The molecule has 5 heteroatoms. The Morgan fingerprint density at radius 2 is 2.14 bits per heavy atom. The SMILES string of the molecule is CC(C)C(=O)NC1CCC(=O)NC1=O. The number of piperidine rings is 1. The van der Waals surface area contributed by atoms with Gasteiger partial charge in [0.2, 0.25) is 17.7 Å². The van der Waals surface area contributed by atoms with E-state index in [9.17, 15) is 14.4 Å². The van der Waals surface area contributed by atoms with E-state index >= 15 is 0 Å². The van der Waals surface area contributed by atoms with Crippen LogP contribution in [0.4, 0.5) is 0 Å². The molecule has 0 radical (unpaired) electrons. The van der Waals surface area contributed by atoms with Crippen molar-refractivity contribution in [1.29, 1.82) is 0 Å². The van der Waals surface area contributed by atoms with Crippen LogP contribution in [0.2, 0.25) is 0 Å². The number of hydrogen-bond donors (Lipinski definition) is 2. The monoisotopic (exact) mass is 198 g/mol. The zero-order valence-corrected chi connectivity index (χ0v) is 8.29. The van der Waals surface area contributed by atoms with E-state index < -0.39 is 11.9 Å². The third-order valence-corrected chi connectivity index (χ3v) is 2.08. The van der Waals surface area contributed by atoms with Gasteiger partial charge in [-0.3, -0.25) is 19.7 Å². The highest BCUT2D eigenvalue weighted by Crippen LogP contribution is 2.05. The number of imide groups is 1. The zero-order chi connectivity index (χ0) is 10.7. The lowest BCUT2D eigenvalue weighted by atomic mass is 10.1. The molecule has 0 aromatic heterocycles. The number of amides is 3. The maximum Gasteiger partial charge on any atom is 0.249 e. The Morgan fingerprint density at radius 3 is 2.64 bits per heavy atom. The van der Waals surface area contributed by atoms with Gasteiger partial charge in [0.15, 0.2) is 0 Å². The van der Waals surface area contributed by atoms with Gasteiger partial charge in [0.1, 0.15) is 6.04 Å². The average molecular weight is 198 g/mol. The van der Waals surface area contributed by atoms with Crippen LogP contribution in [0.5, 0.6) is 0 Å². The molecule has 0 aliphatic carbocycles. The van der Waals surface area contributed by atoms with E-state index in [2.05, 4.69) is 10.6 Å². The van der Waals surface area contributed by atoms with Crippen molar-refractivity contribution in [2.24, 2.45) is 5.92 Å². The predicted octanol–water partition coefficient (Wildman–Crippen LogP) is -0.436. The summed E-state index contributed by atoms with van der Waals surface area (Å²) in [4.78, 5) is 33.3. The van der Waals surface area contributed by atoms with Crippen LogP contribution in [0.15, 0.2) is 0 Å². The zero-order valence-electron chi connectivity index (χ0n) is 8.29. The molecule has 0 aromatic carbocycles. The van der Waals surface area contributed by atoms with Gasteiger partial charge in [-0.2, -0.15) is 0 Å². The number of carbonyl (C=O) groups is 3. The van der Waals surface area contributed by atoms with Crippen molar-refractivity contribution in [3.8, 4) is 0 Å². The molecule has 1 aliphatic heterocycles. The van der Waals surface area contributed by atoms with Crippen LogP contribution < -0.4 is 10.6 Å². The lowest BCUT2D eigenvalue weighted by molar-refractivity contribution is -0.137. The van der Waals surface area contributed by atoms with Gasteiger partial charge >= 0.3 is 0 Å². The minimum absolute atomic E-state index is 0.152. The second-order valence-corrected chi connectivity index (χ2v) is 3.67. The van der Waals surface area contributed by atoms with Crippen LogP contribution in [0.3, 0.4) is 0 Å². The molecule has 2 N–H and O–H groups in total. The summed E-state index contributed by atoms with van der Waals surface area (Å²) in [6.07, 6.45) is 0.678. The van der Waals surface area contributed by atoms with Crippen molar-refractivity contribution in [2.75, 3.05) is 0 Å². The van der Waals surface area contributed by atoms with Gasteiger partial charge in [-0.1, -0.05) is 13.8 Å². The quantitative estimate of drug-likeness (QED) is 0.591. The number of rotatable bonds is 2. The Labute approximate surface area is 82.2 Å². The van der Waals surface area contributed by atoms with Gasteiger partial charge in [0.05, 0.1) is 0 Å². The number of hydrogen-bond acceptors (Lipinski definition) is 3. The molecule has 0 bridgehead atoms. The summed E-state index contributed by atoms with van der Waals surface area (Å²) in [7, 11) is 0. The van der Waals surface area contributed by atoms with E-state index in [0.717, 1.165) is 0 Å². The van der Waals surface area contributed by atoms with Crippen LogP contribution in [0.1, 0.15) is 26.7 Å². The third-order valence-electron chi connectivity index (χ3n) is 2.08. The van der Waals surface area contributed by atoms with E-state index in [-0.39, 0.29) is 24.2 Å². The summed E-state index contributed by atoms with van der Waals surface area (Å²) < 4.78 is 0. The van der Waals surface area contributed by atoms with Crippen molar-refractivity contribution in [3.63, 3.8) is 0 Å². The molecule has 1 aliphatic rings. The number of nitrogens with one attached hydrogen (secondary N) is 2. The Morgan fingerprint density at radius 1 is 1.50 bits per heavy atom. The fraction of sp³-hybridized carbons (Fsp3) is 0.667. The Hall–Kier alpha value is -1.39. The highest BCUT2D eigenvalue weighted by atomic mass is 16.2. The van der Waals surface area contributed by atoms with E-state index in [1.165, 1.54) is 0 Å². The molecule has 0 saturated carbocycles. The van der Waals surface area contributed by atoms with E-state index in [1.54, 1.807) is 13.8 Å². The van der Waals surface area contributed by atoms with Crippen LogP contribution >= 0.6 is 0 Å². The normalized spacial score (nSPS) is 22.1. The fourth-order valence-corrected chi connectivity index (χ4v) is 1.17. The van der Waals surface area contributed by atoms with Crippen molar-refractivity contribution in [2.45, 2.75) is 32.7 Å². The van der Waals surface area contributed by atoms with Crippen LogP contribution in [-0.4, -0.2) is 23.8 Å². The van der Waals surface area contributed by atoms with Gasteiger partial charge in [-0.15, -0.1) is 0 Å². The second kappa shape index (κ2) is 4.21. The smallest absolute Gasteiger partial charge is 0.249 e. The highest BCUT2D eigenvalue weighted by molar-refractivity contribution is 6.01. The van der Waals surface area contributed by atoms with E-state index in [1.807, 2.05) is 0 Å². The second-order valence-electron chi connectivity index (χ2n) is 3.67. The summed E-state index contributed by atoms with van der Waals surface area (Å²) in [5.41, 5.74) is 0. The molecule has 5 nitrogen and oxygen atoms in total. The summed E-state index contributed by atoms with van der Waals surface area (Å²) in [5, 5.41) is 4.77. The first-order valence-corrected chi connectivity index (χ1v) is 4.64. The van der Waals surface area contributed by atoms with Crippen LogP contribution in [0, 0.1) is 5.92 Å². The largest absolute Gasteiger partial charge is 0.344 e. The lowest BCUT2D eigenvalue weighted by Gasteiger charge is -2.22. The Balaban J connectivity index is 2.49. The van der Waals surface area contributed by atoms with Gasteiger partial charge in [-0.05, 0) is 6.42 Å². The average Bonchev–Trinajstić information content (AvgIpc) is 2.09. The van der Waals surface area contributed by atoms with E-state index in [0.29, 0.717) is 6.42 Å². The minimum Gasteiger partial charge on any atom is -0.344 e. The van der Waals surface area contributed by atoms with Gasteiger partial charge in [-0.25, -0.2) is 0 Å². The fourth-order valence-electron chi connectivity index (χ4n) is 1.17. The standard InChI is InChI=1S/C9H14N2O3/c1-5(2)8(13)10-6-3-4-7(12)11-9(6)14/h5-6H,3-4H2,1-2H3,(H,10,13)(H,11,12,14). The molecule has 1 fully saturated rings. The molecule has 1 atom stereocenters. The molecular weight excluding hydrogens is 184 g/mol. The molecule has 14 heavy (non-hydrogen) atoms. The molecule has 1 unspecified atom stereocenters. The molecule has 1 heterocycles. The summed E-state index contributed by atoms with van der Waals surface area (Å²) >= 11 is 0. The molecule has 1 rings (SSSR count). The first-order chi connectivity index (χ1) is 6.50. The summed E-state index contributed by atoms with van der Waals surface area (Å²) in [6.45, 7) is 3.50. The van der Waals surface area contributed by atoms with E-state index in [4.69, 9.17) is 0 Å². The highest BCUT2D eigenvalue weighted by Gasteiger charge is 2.28. The Kier molecular flexibility index (Phi) is 3.22. The minimum atomic E-state index is -0.553. The third kappa shape index (κ3) is 2.55. The van der Waals surface area contributed by atoms with Crippen LogP contribution in [-0.2, 0) is 14.4 Å². The van der Waals surface area contributed by atoms with Crippen molar-refractivity contribution in [1.82, 2.24) is 10.6 Å².